The second kappa shape index (κ2) is 5.57. The zero-order valence-electron chi connectivity index (χ0n) is 11.6. The molecule has 4 N–H and O–H groups in total. The number of nitrogens with two attached hydrogens (primary N) is 2. The molecule has 1 fully saturated rings. The van der Waals surface area contributed by atoms with Crippen LogP contribution in [0.25, 0.3) is 0 Å². The zero-order valence-corrected chi connectivity index (χ0v) is 11.6. The van der Waals surface area contributed by atoms with E-state index in [0.29, 0.717) is 23.8 Å². The normalized spacial score (nSPS) is 23.4. The first-order valence-corrected chi connectivity index (χ1v) is 6.78. The molecule has 1 amide bonds. The van der Waals surface area contributed by atoms with Gasteiger partial charge in [-0.2, -0.15) is 0 Å². The Morgan fingerprint density at radius 3 is 2.95 bits per heavy atom. The van der Waals surface area contributed by atoms with Gasteiger partial charge in [-0.25, -0.2) is 4.98 Å². The maximum absolute atomic E-state index is 11.7. The number of primary amides is 1. The maximum atomic E-state index is 11.7. The number of pyridine rings is 1. The fraction of sp³-hybridized carbons (Fsp3) is 0.571. The Bertz CT molecular complexity index is 475. The molecule has 19 heavy (non-hydrogen) atoms. The first-order chi connectivity index (χ1) is 9.06. The molecule has 2 heterocycles. The number of aryl methyl sites for hydroxylation is 1. The first-order valence-electron chi connectivity index (χ1n) is 6.78. The molecule has 1 aliphatic rings. The molecule has 2 unspecified atom stereocenters. The van der Waals surface area contributed by atoms with Crippen molar-refractivity contribution in [2.45, 2.75) is 32.7 Å². The molecule has 5 nitrogen and oxygen atoms in total. The number of carbonyl (C=O) groups is 1. The van der Waals surface area contributed by atoms with Crippen LogP contribution in [-0.4, -0.2) is 30.0 Å². The van der Waals surface area contributed by atoms with Crippen molar-refractivity contribution in [3.8, 4) is 0 Å². The summed E-state index contributed by atoms with van der Waals surface area (Å²) < 4.78 is 0. The first kappa shape index (κ1) is 13.8. The molecule has 1 aromatic rings. The summed E-state index contributed by atoms with van der Waals surface area (Å²) in [7, 11) is 0. The summed E-state index contributed by atoms with van der Waals surface area (Å²) in [5.74, 6) is 0.769. The van der Waals surface area contributed by atoms with E-state index in [-0.39, 0.29) is 6.04 Å². The lowest BCUT2D eigenvalue weighted by molar-refractivity contribution is 0.0999. The van der Waals surface area contributed by atoms with Crippen LogP contribution in [0, 0.1) is 12.8 Å². The Kier molecular flexibility index (Phi) is 4.04. The molecule has 0 spiro atoms. The molecule has 0 aromatic carbocycles. The quantitative estimate of drug-likeness (QED) is 0.852. The highest BCUT2D eigenvalue weighted by Crippen LogP contribution is 2.30. The largest absolute Gasteiger partial charge is 0.365 e. The third-order valence-corrected chi connectivity index (χ3v) is 4.01. The van der Waals surface area contributed by atoms with E-state index in [0.717, 1.165) is 24.9 Å². The summed E-state index contributed by atoms with van der Waals surface area (Å²) in [6, 6.07) is 2.04. The van der Waals surface area contributed by atoms with Crippen LogP contribution >= 0.6 is 0 Å². The van der Waals surface area contributed by atoms with Crippen molar-refractivity contribution in [2.24, 2.45) is 17.4 Å². The van der Waals surface area contributed by atoms with Gasteiger partial charge in [-0.1, -0.05) is 6.92 Å². The fourth-order valence-electron chi connectivity index (χ4n) is 2.94. The van der Waals surface area contributed by atoms with E-state index in [1.807, 2.05) is 13.0 Å². The third-order valence-electron chi connectivity index (χ3n) is 4.01. The highest BCUT2D eigenvalue weighted by atomic mass is 16.1. The number of rotatable bonds is 3. The monoisotopic (exact) mass is 262 g/mol. The van der Waals surface area contributed by atoms with E-state index < -0.39 is 5.91 Å². The van der Waals surface area contributed by atoms with Gasteiger partial charge in [0, 0.05) is 25.3 Å². The van der Waals surface area contributed by atoms with Crippen LogP contribution in [0.5, 0.6) is 0 Å². The Morgan fingerprint density at radius 2 is 2.32 bits per heavy atom. The summed E-state index contributed by atoms with van der Waals surface area (Å²) in [4.78, 5) is 18.2. The van der Waals surface area contributed by atoms with Crippen LogP contribution in [0.3, 0.4) is 0 Å². The van der Waals surface area contributed by atoms with Gasteiger partial charge in [0.1, 0.15) is 5.82 Å². The van der Waals surface area contributed by atoms with Gasteiger partial charge in [0.25, 0.3) is 5.91 Å². The number of hydrogen-bond acceptors (Lipinski definition) is 4. The third kappa shape index (κ3) is 2.56. The smallest absolute Gasteiger partial charge is 0.252 e. The van der Waals surface area contributed by atoms with E-state index in [2.05, 4.69) is 16.8 Å². The number of anilines is 1. The van der Waals surface area contributed by atoms with Gasteiger partial charge >= 0.3 is 0 Å². The lowest BCUT2D eigenvalue weighted by Gasteiger charge is -2.41. The lowest BCUT2D eigenvalue weighted by Crippen LogP contribution is -2.49. The molecule has 2 atom stereocenters. The number of aromatic nitrogens is 1. The van der Waals surface area contributed by atoms with Crippen molar-refractivity contribution >= 4 is 11.7 Å². The van der Waals surface area contributed by atoms with Gasteiger partial charge in [-0.3, -0.25) is 4.79 Å². The van der Waals surface area contributed by atoms with E-state index in [1.54, 1.807) is 6.20 Å². The summed E-state index contributed by atoms with van der Waals surface area (Å²) in [6.07, 6.45) is 3.98. The van der Waals surface area contributed by atoms with Crippen LogP contribution in [0.15, 0.2) is 12.3 Å². The maximum Gasteiger partial charge on any atom is 0.252 e. The number of hydrogen-bond donors (Lipinski definition) is 2. The fourth-order valence-corrected chi connectivity index (χ4v) is 2.94. The van der Waals surface area contributed by atoms with Gasteiger partial charge in [0.05, 0.1) is 5.56 Å². The molecule has 5 heteroatoms. The van der Waals surface area contributed by atoms with Crippen molar-refractivity contribution in [3.63, 3.8) is 0 Å². The Morgan fingerprint density at radius 1 is 1.58 bits per heavy atom. The van der Waals surface area contributed by atoms with Gasteiger partial charge in [0.2, 0.25) is 0 Å². The van der Waals surface area contributed by atoms with Gasteiger partial charge in [-0.05, 0) is 37.3 Å². The highest BCUT2D eigenvalue weighted by Gasteiger charge is 2.30. The molecule has 1 aromatic heterocycles. The highest BCUT2D eigenvalue weighted by molar-refractivity contribution is 5.99. The van der Waals surface area contributed by atoms with Crippen molar-refractivity contribution in [2.75, 3.05) is 18.0 Å². The van der Waals surface area contributed by atoms with Crippen molar-refractivity contribution in [1.82, 2.24) is 4.98 Å². The Labute approximate surface area is 114 Å². The van der Waals surface area contributed by atoms with Crippen molar-refractivity contribution in [3.05, 3.63) is 23.4 Å². The van der Waals surface area contributed by atoms with Crippen LogP contribution in [0.2, 0.25) is 0 Å². The lowest BCUT2D eigenvalue weighted by atomic mass is 9.90. The molecule has 1 saturated heterocycles. The SMILES string of the molecule is Cc1ccnc(N2CCCC(C)C2CN)c1C(N)=O. The molecule has 104 valence electrons. The predicted octanol–water partition coefficient (Wildman–Crippen LogP) is 1.05. The average Bonchev–Trinajstić information content (AvgIpc) is 2.37. The Balaban J connectivity index is 2.45. The molecule has 0 saturated carbocycles. The number of nitrogens with zero attached hydrogens (tertiary/aromatic N) is 2. The molecule has 0 bridgehead atoms. The molecule has 0 aliphatic carbocycles. The summed E-state index contributed by atoms with van der Waals surface area (Å²) in [5, 5.41) is 0. The van der Waals surface area contributed by atoms with E-state index in [9.17, 15) is 4.79 Å². The minimum absolute atomic E-state index is 0.223. The van der Waals surface area contributed by atoms with E-state index in [1.165, 1.54) is 0 Å². The number of piperidine rings is 1. The number of amides is 1. The van der Waals surface area contributed by atoms with Crippen LogP contribution in [-0.2, 0) is 0 Å². The standard InChI is InChI=1S/C14H22N4O/c1-9-4-3-7-18(11(9)8-15)14-12(13(16)19)10(2)5-6-17-14/h5-6,9,11H,3-4,7-8,15H2,1-2H3,(H2,16,19). The minimum Gasteiger partial charge on any atom is -0.365 e. The van der Waals surface area contributed by atoms with Gasteiger partial charge in [0.15, 0.2) is 0 Å². The van der Waals surface area contributed by atoms with Crippen LogP contribution < -0.4 is 16.4 Å². The molecular weight excluding hydrogens is 240 g/mol. The van der Waals surface area contributed by atoms with Crippen LogP contribution in [0.4, 0.5) is 5.82 Å². The topological polar surface area (TPSA) is 85.2 Å². The zero-order chi connectivity index (χ0) is 14.0. The molecule has 2 rings (SSSR count). The summed E-state index contributed by atoms with van der Waals surface area (Å²) in [5.41, 5.74) is 12.8. The van der Waals surface area contributed by atoms with Gasteiger partial charge in [-0.15, -0.1) is 0 Å². The second-order valence-electron chi connectivity index (χ2n) is 5.31. The molecular formula is C14H22N4O. The van der Waals surface area contributed by atoms with E-state index >= 15 is 0 Å². The van der Waals surface area contributed by atoms with Gasteiger partial charge < -0.3 is 16.4 Å². The Hall–Kier alpha value is -1.62. The minimum atomic E-state index is -0.422. The predicted molar refractivity (Wildman–Crippen MR) is 76.1 cm³/mol. The summed E-state index contributed by atoms with van der Waals surface area (Å²) >= 11 is 0. The molecule has 1 aliphatic heterocycles. The second-order valence-corrected chi connectivity index (χ2v) is 5.31. The number of carbonyl (C=O) groups excluding carboxylic acids is 1. The van der Waals surface area contributed by atoms with Crippen LogP contribution in [0.1, 0.15) is 35.7 Å². The molecule has 0 radical (unpaired) electrons. The van der Waals surface area contributed by atoms with Crippen molar-refractivity contribution in [1.29, 1.82) is 0 Å². The van der Waals surface area contributed by atoms with Crippen molar-refractivity contribution < 1.29 is 4.79 Å². The average molecular weight is 262 g/mol. The van der Waals surface area contributed by atoms with E-state index in [4.69, 9.17) is 11.5 Å². The summed E-state index contributed by atoms with van der Waals surface area (Å²) in [6.45, 7) is 5.53.